The van der Waals surface area contributed by atoms with E-state index < -0.39 is 22.9 Å². The molecule has 1 N–H and O–H groups in total. The molecule has 0 aliphatic heterocycles. The van der Waals surface area contributed by atoms with Crippen molar-refractivity contribution in [3.05, 3.63) is 63.7 Å². The number of amides is 1. The van der Waals surface area contributed by atoms with Gasteiger partial charge in [0.1, 0.15) is 5.75 Å². The van der Waals surface area contributed by atoms with Crippen LogP contribution in [-0.4, -0.2) is 30.0 Å². The molecule has 28 heavy (non-hydrogen) atoms. The number of carbonyl (C=O) groups excluding carboxylic acids is 2. The fraction of sp³-hybridized carbons (Fsp3) is 0.300. The van der Waals surface area contributed by atoms with Gasteiger partial charge in [-0.05, 0) is 36.6 Å². The molecule has 0 radical (unpaired) electrons. The molecule has 0 aliphatic rings. The Hall–Kier alpha value is -3.42. The Morgan fingerprint density at radius 1 is 1.07 bits per heavy atom. The number of methoxy groups -OCH3 is 1. The minimum Gasteiger partial charge on any atom is -0.495 e. The molecule has 8 heteroatoms. The molecule has 0 saturated heterocycles. The zero-order valence-corrected chi connectivity index (χ0v) is 16.1. The monoisotopic (exact) mass is 386 g/mol. The van der Waals surface area contributed by atoms with E-state index in [0.29, 0.717) is 11.5 Å². The molecule has 8 nitrogen and oxygen atoms in total. The van der Waals surface area contributed by atoms with Gasteiger partial charge in [-0.25, -0.2) is 4.79 Å². The van der Waals surface area contributed by atoms with Crippen LogP contribution < -0.4 is 10.1 Å². The first kappa shape index (κ1) is 20.9. The molecular weight excluding hydrogens is 364 g/mol. The minimum atomic E-state index is -1.11. The molecule has 0 aromatic heterocycles. The molecule has 0 saturated carbocycles. The van der Waals surface area contributed by atoms with E-state index in [1.807, 2.05) is 26.0 Å². The lowest BCUT2D eigenvalue weighted by Crippen LogP contribution is -2.30. The van der Waals surface area contributed by atoms with Crippen LogP contribution in [0.5, 0.6) is 5.75 Å². The average Bonchev–Trinajstić information content (AvgIpc) is 2.67. The van der Waals surface area contributed by atoms with Gasteiger partial charge in [0.25, 0.3) is 11.6 Å². The van der Waals surface area contributed by atoms with Crippen LogP contribution in [0.3, 0.4) is 0 Å². The van der Waals surface area contributed by atoms with Crippen LogP contribution >= 0.6 is 0 Å². The topological polar surface area (TPSA) is 108 Å². The van der Waals surface area contributed by atoms with Crippen molar-refractivity contribution in [1.82, 2.24) is 0 Å². The first-order chi connectivity index (χ1) is 13.2. The molecule has 0 bridgehead atoms. The maximum atomic E-state index is 12.4. The largest absolute Gasteiger partial charge is 0.495 e. The van der Waals surface area contributed by atoms with Gasteiger partial charge in [-0.15, -0.1) is 0 Å². The zero-order valence-electron chi connectivity index (χ0n) is 16.1. The fourth-order valence-corrected chi connectivity index (χ4v) is 2.43. The molecule has 0 spiro atoms. The maximum Gasteiger partial charge on any atom is 0.338 e. The average molecular weight is 386 g/mol. The number of esters is 1. The number of benzene rings is 2. The lowest BCUT2D eigenvalue weighted by atomic mass is 10.0. The molecule has 2 aromatic rings. The van der Waals surface area contributed by atoms with Gasteiger partial charge in [-0.2, -0.15) is 0 Å². The molecule has 0 aliphatic carbocycles. The predicted molar refractivity (Wildman–Crippen MR) is 104 cm³/mol. The third-order valence-corrected chi connectivity index (χ3v) is 4.12. The summed E-state index contributed by atoms with van der Waals surface area (Å²) in [5, 5.41) is 13.4. The Balaban J connectivity index is 2.07. The molecule has 0 fully saturated rings. The quantitative estimate of drug-likeness (QED) is 0.439. The highest BCUT2D eigenvalue weighted by molar-refractivity contribution is 5.98. The van der Waals surface area contributed by atoms with E-state index >= 15 is 0 Å². The van der Waals surface area contributed by atoms with Gasteiger partial charge in [0.05, 0.1) is 23.3 Å². The van der Waals surface area contributed by atoms with Crippen LogP contribution in [0.15, 0.2) is 42.5 Å². The lowest BCUT2D eigenvalue weighted by Gasteiger charge is -2.15. The number of non-ortho nitro benzene ring substituents is 1. The Morgan fingerprint density at radius 2 is 1.71 bits per heavy atom. The third-order valence-electron chi connectivity index (χ3n) is 4.12. The first-order valence-corrected chi connectivity index (χ1v) is 8.67. The van der Waals surface area contributed by atoms with Crippen LogP contribution in [0.1, 0.15) is 42.6 Å². The van der Waals surface area contributed by atoms with Crippen molar-refractivity contribution >= 4 is 23.3 Å². The smallest absolute Gasteiger partial charge is 0.338 e. The lowest BCUT2D eigenvalue weighted by molar-refractivity contribution is -0.384. The van der Waals surface area contributed by atoms with Gasteiger partial charge in [0.15, 0.2) is 6.10 Å². The Morgan fingerprint density at radius 3 is 2.25 bits per heavy atom. The van der Waals surface area contributed by atoms with Gasteiger partial charge >= 0.3 is 5.97 Å². The van der Waals surface area contributed by atoms with Crippen molar-refractivity contribution in [3.63, 3.8) is 0 Å². The Labute approximate surface area is 162 Å². The summed E-state index contributed by atoms with van der Waals surface area (Å²) in [6, 6.07) is 10.8. The molecule has 1 atom stereocenters. The maximum absolute atomic E-state index is 12.4. The van der Waals surface area contributed by atoms with Crippen LogP contribution in [0.4, 0.5) is 11.4 Å². The number of nitro benzene ring substituents is 1. The summed E-state index contributed by atoms with van der Waals surface area (Å²) in [7, 11) is 1.38. The summed E-state index contributed by atoms with van der Waals surface area (Å²) in [6.07, 6.45) is -1.11. The number of nitro groups is 1. The minimum absolute atomic E-state index is 0.117. The van der Waals surface area contributed by atoms with Crippen molar-refractivity contribution in [2.24, 2.45) is 0 Å². The Kier molecular flexibility index (Phi) is 6.70. The number of hydrogen-bond donors (Lipinski definition) is 1. The highest BCUT2D eigenvalue weighted by Gasteiger charge is 2.21. The summed E-state index contributed by atoms with van der Waals surface area (Å²) >= 11 is 0. The van der Waals surface area contributed by atoms with Gasteiger partial charge in [0, 0.05) is 12.1 Å². The fourth-order valence-electron chi connectivity index (χ4n) is 2.43. The molecule has 2 rings (SSSR count). The van der Waals surface area contributed by atoms with Crippen molar-refractivity contribution < 1.29 is 24.0 Å². The molecule has 1 amide bonds. The number of rotatable bonds is 7. The predicted octanol–water partition coefficient (Wildman–Crippen LogP) is 3.91. The van der Waals surface area contributed by atoms with E-state index in [1.165, 1.54) is 32.2 Å². The number of ether oxygens (including phenoxy) is 2. The van der Waals surface area contributed by atoms with Gasteiger partial charge < -0.3 is 14.8 Å². The van der Waals surface area contributed by atoms with Gasteiger partial charge in [0.2, 0.25) is 0 Å². The first-order valence-electron chi connectivity index (χ1n) is 8.67. The number of nitrogens with one attached hydrogen (secondary N) is 1. The summed E-state index contributed by atoms with van der Waals surface area (Å²) in [5.74, 6) is -0.684. The van der Waals surface area contributed by atoms with Crippen LogP contribution in [0.2, 0.25) is 0 Å². The number of anilines is 1. The van der Waals surface area contributed by atoms with Gasteiger partial charge in [-0.1, -0.05) is 26.0 Å². The van der Waals surface area contributed by atoms with E-state index in [-0.39, 0.29) is 17.1 Å². The van der Waals surface area contributed by atoms with Crippen molar-refractivity contribution in [3.8, 4) is 5.75 Å². The number of carbonyl (C=O) groups is 2. The van der Waals surface area contributed by atoms with Crippen molar-refractivity contribution in [2.75, 3.05) is 12.4 Å². The van der Waals surface area contributed by atoms with Crippen LogP contribution in [-0.2, 0) is 9.53 Å². The van der Waals surface area contributed by atoms with Gasteiger partial charge in [-0.3, -0.25) is 14.9 Å². The SMILES string of the molecule is COc1ccc([N+](=O)[O-])cc1NC(=O)[C@H](C)OC(=O)c1ccc(C(C)C)cc1. The summed E-state index contributed by atoms with van der Waals surface area (Å²) in [4.78, 5) is 34.9. The number of hydrogen-bond acceptors (Lipinski definition) is 6. The highest BCUT2D eigenvalue weighted by Crippen LogP contribution is 2.29. The van der Waals surface area contributed by atoms with Crippen LogP contribution in [0.25, 0.3) is 0 Å². The number of nitrogens with zero attached hydrogens (tertiary/aromatic N) is 1. The van der Waals surface area contributed by atoms with Crippen molar-refractivity contribution in [1.29, 1.82) is 0 Å². The highest BCUT2D eigenvalue weighted by atomic mass is 16.6. The van der Waals surface area contributed by atoms with E-state index in [1.54, 1.807) is 12.1 Å². The summed E-state index contributed by atoms with van der Waals surface area (Å²) in [6.45, 7) is 5.50. The summed E-state index contributed by atoms with van der Waals surface area (Å²) < 4.78 is 10.3. The normalized spacial score (nSPS) is 11.6. The molecule has 0 heterocycles. The zero-order chi connectivity index (χ0) is 20.8. The summed E-state index contributed by atoms with van der Waals surface area (Å²) in [5.41, 5.74) is 1.33. The van der Waals surface area contributed by atoms with E-state index in [4.69, 9.17) is 9.47 Å². The molecule has 148 valence electrons. The molecule has 0 unspecified atom stereocenters. The second-order valence-corrected chi connectivity index (χ2v) is 6.46. The van der Waals surface area contributed by atoms with Crippen molar-refractivity contribution in [2.45, 2.75) is 32.8 Å². The second kappa shape index (κ2) is 8.98. The Bertz CT molecular complexity index is 877. The van der Waals surface area contributed by atoms with Crippen LogP contribution in [0, 0.1) is 10.1 Å². The molecular formula is C20H22N2O6. The standard InChI is InChI=1S/C20H22N2O6/c1-12(2)14-5-7-15(8-6-14)20(24)28-13(3)19(23)21-17-11-16(22(25)26)9-10-18(17)27-4/h5-13H,1-4H3,(H,21,23)/t13-/m0/s1. The van der Waals surface area contributed by atoms with E-state index in [0.717, 1.165) is 5.56 Å². The second-order valence-electron chi connectivity index (χ2n) is 6.46. The third kappa shape index (κ3) is 5.06. The molecule has 2 aromatic carbocycles. The van der Waals surface area contributed by atoms with E-state index in [9.17, 15) is 19.7 Å². The van der Waals surface area contributed by atoms with E-state index in [2.05, 4.69) is 5.32 Å².